The molecule has 0 bridgehead atoms. The number of carbonyl (C=O) groups excluding carboxylic acids is 1. The molecule has 1 aliphatic heterocycles. The van der Waals surface area contributed by atoms with E-state index in [0.717, 1.165) is 12.1 Å². The fraction of sp³-hybridized carbons (Fsp3) is 0.312. The van der Waals surface area contributed by atoms with Gasteiger partial charge in [0.1, 0.15) is 6.54 Å². The lowest BCUT2D eigenvalue weighted by atomic mass is 10.1. The number of piperazine rings is 1. The highest BCUT2D eigenvalue weighted by molar-refractivity contribution is 6.30. The van der Waals surface area contributed by atoms with Crippen molar-refractivity contribution in [2.45, 2.75) is 13.5 Å². The largest absolute Gasteiger partial charge is 0.335 e. The molecule has 0 N–H and O–H groups in total. The molecule has 0 aliphatic carbocycles. The Kier molecular flexibility index (Phi) is 4.24. The zero-order chi connectivity index (χ0) is 15.5. The van der Waals surface area contributed by atoms with Crippen LogP contribution in [0.3, 0.4) is 0 Å². The number of rotatable bonds is 3. The Hall–Kier alpha value is -2.14. The number of aromatic nitrogens is 2. The van der Waals surface area contributed by atoms with Crippen LogP contribution in [0.4, 0.5) is 5.95 Å². The van der Waals surface area contributed by atoms with Gasteiger partial charge in [-0.25, -0.2) is 9.97 Å². The fourth-order valence-electron chi connectivity index (χ4n) is 2.55. The number of amides is 1. The summed E-state index contributed by atoms with van der Waals surface area (Å²) in [7, 11) is 0. The molecule has 6 heteroatoms. The molecule has 22 heavy (non-hydrogen) atoms. The van der Waals surface area contributed by atoms with Gasteiger partial charge >= 0.3 is 0 Å². The van der Waals surface area contributed by atoms with Crippen LogP contribution in [0.15, 0.2) is 36.7 Å². The van der Waals surface area contributed by atoms with Gasteiger partial charge in [-0.15, -0.1) is 0 Å². The predicted molar refractivity (Wildman–Crippen MR) is 85.9 cm³/mol. The predicted octanol–water partition coefficient (Wildman–Crippen LogP) is 2.29. The summed E-state index contributed by atoms with van der Waals surface area (Å²) in [5.74, 6) is 0.638. The average Bonchev–Trinajstić information content (AvgIpc) is 2.50. The van der Waals surface area contributed by atoms with Gasteiger partial charge in [0.2, 0.25) is 11.9 Å². The van der Waals surface area contributed by atoms with Crippen molar-refractivity contribution in [2.75, 3.05) is 24.5 Å². The van der Waals surface area contributed by atoms with Crippen LogP contribution in [-0.4, -0.2) is 40.4 Å². The third-order valence-corrected chi connectivity index (χ3v) is 3.86. The summed E-state index contributed by atoms with van der Waals surface area (Å²) in [6, 6.07) is 8.24. The number of benzene rings is 1. The molecule has 1 fully saturated rings. The molecular formula is C16H17ClN4O. The van der Waals surface area contributed by atoms with Crippen LogP contribution in [0, 0.1) is 6.92 Å². The molecule has 0 spiro atoms. The van der Waals surface area contributed by atoms with E-state index in [0.29, 0.717) is 30.6 Å². The van der Waals surface area contributed by atoms with Gasteiger partial charge in [0, 0.05) is 19.6 Å². The first-order chi connectivity index (χ1) is 10.6. The lowest BCUT2D eigenvalue weighted by molar-refractivity contribution is -0.131. The molecule has 0 atom stereocenters. The van der Waals surface area contributed by atoms with Gasteiger partial charge in [-0.1, -0.05) is 41.4 Å². The van der Waals surface area contributed by atoms with Crippen molar-refractivity contribution in [1.29, 1.82) is 0 Å². The molecule has 1 saturated heterocycles. The van der Waals surface area contributed by atoms with Gasteiger partial charge in [-0.3, -0.25) is 4.79 Å². The number of hydrogen-bond donors (Lipinski definition) is 0. The maximum atomic E-state index is 12.3. The highest BCUT2D eigenvalue weighted by atomic mass is 35.5. The highest BCUT2D eigenvalue weighted by Gasteiger charge is 2.25. The standard InChI is InChI=1S/C16H17ClN4O/c1-12-3-2-4-13(7-12)10-20-5-6-21(11-15(20)22)16-18-8-14(17)9-19-16/h2-4,7-9H,5-6,10-11H2,1H3. The Morgan fingerprint density at radius 3 is 2.68 bits per heavy atom. The number of aryl methyl sites for hydroxylation is 1. The second kappa shape index (κ2) is 6.32. The first-order valence-electron chi connectivity index (χ1n) is 7.17. The maximum absolute atomic E-state index is 12.3. The zero-order valence-corrected chi connectivity index (χ0v) is 13.1. The summed E-state index contributed by atoms with van der Waals surface area (Å²) in [6.45, 7) is 4.39. The van der Waals surface area contributed by atoms with Crippen LogP contribution in [0.5, 0.6) is 0 Å². The van der Waals surface area contributed by atoms with Crippen molar-refractivity contribution in [2.24, 2.45) is 0 Å². The molecule has 1 aliphatic rings. The molecule has 5 nitrogen and oxygen atoms in total. The number of hydrogen-bond acceptors (Lipinski definition) is 4. The lowest BCUT2D eigenvalue weighted by Crippen LogP contribution is -2.50. The molecule has 2 heterocycles. The fourth-order valence-corrected chi connectivity index (χ4v) is 2.64. The Morgan fingerprint density at radius 2 is 2.00 bits per heavy atom. The van der Waals surface area contributed by atoms with Crippen molar-refractivity contribution >= 4 is 23.5 Å². The second-order valence-corrected chi connectivity index (χ2v) is 5.86. The number of halogens is 1. The van der Waals surface area contributed by atoms with Crippen LogP contribution in [0.2, 0.25) is 5.02 Å². The van der Waals surface area contributed by atoms with Gasteiger partial charge in [0.05, 0.1) is 17.4 Å². The minimum Gasteiger partial charge on any atom is -0.335 e. The summed E-state index contributed by atoms with van der Waals surface area (Å²) in [6.07, 6.45) is 3.10. The van der Waals surface area contributed by atoms with Crippen LogP contribution in [0.1, 0.15) is 11.1 Å². The minimum absolute atomic E-state index is 0.0892. The van der Waals surface area contributed by atoms with Crippen molar-refractivity contribution in [3.8, 4) is 0 Å². The van der Waals surface area contributed by atoms with E-state index in [4.69, 9.17) is 11.6 Å². The average molecular weight is 317 g/mol. The van der Waals surface area contributed by atoms with E-state index in [1.165, 1.54) is 5.56 Å². The summed E-state index contributed by atoms with van der Waals surface area (Å²) < 4.78 is 0. The number of carbonyl (C=O) groups is 1. The normalized spacial score (nSPS) is 15.3. The monoisotopic (exact) mass is 316 g/mol. The Bertz CT molecular complexity index is 674. The molecule has 2 aromatic rings. The number of nitrogens with zero attached hydrogens (tertiary/aromatic N) is 4. The summed E-state index contributed by atoms with van der Waals surface area (Å²) in [4.78, 5) is 24.4. The summed E-state index contributed by atoms with van der Waals surface area (Å²) in [5, 5.41) is 0.494. The van der Waals surface area contributed by atoms with Gasteiger partial charge in [0.15, 0.2) is 0 Å². The summed E-state index contributed by atoms with van der Waals surface area (Å²) in [5.41, 5.74) is 2.36. The SMILES string of the molecule is Cc1cccc(CN2CCN(c3ncc(Cl)cn3)CC2=O)c1. The number of anilines is 1. The zero-order valence-electron chi connectivity index (χ0n) is 12.4. The van der Waals surface area contributed by atoms with E-state index in [1.54, 1.807) is 12.4 Å². The van der Waals surface area contributed by atoms with E-state index < -0.39 is 0 Å². The molecule has 0 radical (unpaired) electrons. The molecular weight excluding hydrogens is 300 g/mol. The van der Waals surface area contributed by atoms with E-state index in [9.17, 15) is 4.79 Å². The minimum atomic E-state index is 0.0892. The Balaban J connectivity index is 1.65. The van der Waals surface area contributed by atoms with Gasteiger partial charge in [0.25, 0.3) is 0 Å². The highest BCUT2D eigenvalue weighted by Crippen LogP contribution is 2.15. The molecule has 0 saturated carbocycles. The van der Waals surface area contributed by atoms with E-state index in [-0.39, 0.29) is 5.91 Å². The van der Waals surface area contributed by atoms with Crippen LogP contribution in [0.25, 0.3) is 0 Å². The van der Waals surface area contributed by atoms with Gasteiger partial charge < -0.3 is 9.80 Å². The van der Waals surface area contributed by atoms with Crippen molar-refractivity contribution in [3.63, 3.8) is 0 Å². The van der Waals surface area contributed by atoms with Crippen molar-refractivity contribution < 1.29 is 4.79 Å². The summed E-state index contributed by atoms with van der Waals surface area (Å²) >= 11 is 5.79. The van der Waals surface area contributed by atoms with Crippen molar-refractivity contribution in [3.05, 3.63) is 52.8 Å². The van der Waals surface area contributed by atoms with Gasteiger partial charge in [-0.05, 0) is 12.5 Å². The molecule has 3 rings (SSSR count). The first kappa shape index (κ1) is 14.8. The first-order valence-corrected chi connectivity index (χ1v) is 7.55. The van der Waals surface area contributed by atoms with E-state index >= 15 is 0 Å². The van der Waals surface area contributed by atoms with E-state index in [2.05, 4.69) is 35.1 Å². The van der Waals surface area contributed by atoms with Crippen LogP contribution >= 0.6 is 11.6 Å². The third kappa shape index (κ3) is 3.36. The Morgan fingerprint density at radius 1 is 1.23 bits per heavy atom. The molecule has 0 unspecified atom stereocenters. The molecule has 114 valence electrons. The molecule has 1 aromatic carbocycles. The molecule has 1 aromatic heterocycles. The van der Waals surface area contributed by atoms with Crippen LogP contribution < -0.4 is 4.90 Å². The van der Waals surface area contributed by atoms with Crippen LogP contribution in [-0.2, 0) is 11.3 Å². The Labute approximate surface area is 134 Å². The topological polar surface area (TPSA) is 49.3 Å². The molecule has 1 amide bonds. The van der Waals surface area contributed by atoms with E-state index in [1.807, 2.05) is 15.9 Å². The maximum Gasteiger partial charge on any atom is 0.242 e. The second-order valence-electron chi connectivity index (χ2n) is 5.43. The van der Waals surface area contributed by atoms with Crippen molar-refractivity contribution in [1.82, 2.24) is 14.9 Å². The smallest absolute Gasteiger partial charge is 0.242 e. The third-order valence-electron chi connectivity index (χ3n) is 3.66. The quantitative estimate of drug-likeness (QED) is 0.872. The van der Waals surface area contributed by atoms with Gasteiger partial charge in [-0.2, -0.15) is 0 Å². The lowest BCUT2D eigenvalue weighted by Gasteiger charge is -2.34.